The van der Waals surface area contributed by atoms with E-state index in [0.717, 1.165) is 17.5 Å². The lowest BCUT2D eigenvalue weighted by molar-refractivity contribution is -0.115. The molecular formula is C10H12N6O2S. The van der Waals surface area contributed by atoms with Crippen molar-refractivity contribution < 1.29 is 9.21 Å². The molecule has 0 aliphatic rings. The molecule has 2 aromatic rings. The van der Waals surface area contributed by atoms with E-state index in [2.05, 4.69) is 25.7 Å². The Hall–Kier alpha value is -2.29. The maximum absolute atomic E-state index is 10.6. The Morgan fingerprint density at radius 3 is 3.21 bits per heavy atom. The van der Waals surface area contributed by atoms with E-state index in [-0.39, 0.29) is 5.75 Å². The van der Waals surface area contributed by atoms with Gasteiger partial charge in [-0.3, -0.25) is 4.79 Å². The molecule has 0 saturated heterocycles. The first-order valence-corrected chi connectivity index (χ1v) is 6.31. The predicted molar refractivity (Wildman–Crippen MR) is 71.0 cm³/mol. The Kier molecular flexibility index (Phi) is 4.18. The van der Waals surface area contributed by atoms with Crippen LogP contribution in [0.5, 0.6) is 0 Å². The molecule has 8 nitrogen and oxygen atoms in total. The molecule has 0 bridgehead atoms. The van der Waals surface area contributed by atoms with Crippen LogP contribution in [-0.2, 0) is 4.79 Å². The van der Waals surface area contributed by atoms with Gasteiger partial charge in [0.25, 0.3) is 0 Å². The number of carbonyl (C=O) groups excluding carboxylic acids is 1. The fourth-order valence-electron chi connectivity index (χ4n) is 1.18. The molecule has 9 heteroatoms. The normalized spacial score (nSPS) is 11.0. The highest BCUT2D eigenvalue weighted by Gasteiger charge is 2.04. The molecule has 0 aliphatic carbocycles. The molecule has 2 aromatic heterocycles. The van der Waals surface area contributed by atoms with Gasteiger partial charge in [0.2, 0.25) is 17.0 Å². The number of nitrogens with one attached hydrogen (secondary N) is 2. The number of anilines is 1. The van der Waals surface area contributed by atoms with Crippen molar-refractivity contribution in [1.29, 1.82) is 0 Å². The smallest absolute Gasteiger partial charge is 0.240 e. The van der Waals surface area contributed by atoms with Crippen LogP contribution in [0.3, 0.4) is 0 Å². The third-order valence-corrected chi connectivity index (χ3v) is 2.80. The molecule has 19 heavy (non-hydrogen) atoms. The van der Waals surface area contributed by atoms with Crippen LogP contribution in [0, 0.1) is 6.92 Å². The van der Waals surface area contributed by atoms with Gasteiger partial charge in [-0.05, 0) is 19.1 Å². The molecule has 0 aromatic carbocycles. The topological polar surface area (TPSA) is 122 Å². The molecule has 2 heterocycles. The summed E-state index contributed by atoms with van der Waals surface area (Å²) in [6.45, 7) is 1.85. The largest absolute Gasteiger partial charge is 0.460 e. The van der Waals surface area contributed by atoms with Crippen LogP contribution < -0.4 is 11.2 Å². The van der Waals surface area contributed by atoms with Gasteiger partial charge in [0.1, 0.15) is 11.5 Å². The summed E-state index contributed by atoms with van der Waals surface area (Å²) in [6, 6.07) is 3.64. The number of amides is 1. The monoisotopic (exact) mass is 280 g/mol. The van der Waals surface area contributed by atoms with Crippen molar-refractivity contribution in [2.24, 2.45) is 10.8 Å². The lowest BCUT2D eigenvalue weighted by Gasteiger charge is -1.91. The molecular weight excluding hydrogens is 268 g/mol. The van der Waals surface area contributed by atoms with E-state index in [1.807, 2.05) is 13.0 Å². The van der Waals surface area contributed by atoms with Gasteiger partial charge in [0.05, 0.1) is 12.0 Å². The molecule has 2 rings (SSSR count). The van der Waals surface area contributed by atoms with Crippen molar-refractivity contribution in [3.63, 3.8) is 0 Å². The summed E-state index contributed by atoms with van der Waals surface area (Å²) in [5.74, 6) is 1.52. The van der Waals surface area contributed by atoms with Crippen LogP contribution >= 0.6 is 11.8 Å². The van der Waals surface area contributed by atoms with Crippen LogP contribution in [0.1, 0.15) is 11.5 Å². The van der Waals surface area contributed by atoms with Crippen LogP contribution in [-0.4, -0.2) is 33.1 Å². The number of rotatable bonds is 6. The number of aryl methyl sites for hydroxylation is 1. The summed E-state index contributed by atoms with van der Waals surface area (Å²) in [7, 11) is 0. The van der Waals surface area contributed by atoms with Crippen LogP contribution in [0.4, 0.5) is 5.95 Å². The van der Waals surface area contributed by atoms with E-state index in [4.69, 9.17) is 10.2 Å². The quantitative estimate of drug-likeness (QED) is 0.407. The number of primary amides is 1. The number of aromatic nitrogens is 3. The third-order valence-electron chi connectivity index (χ3n) is 1.93. The zero-order chi connectivity index (χ0) is 13.7. The van der Waals surface area contributed by atoms with E-state index in [1.165, 1.54) is 6.21 Å². The second kappa shape index (κ2) is 6.05. The average molecular weight is 280 g/mol. The third kappa shape index (κ3) is 4.14. The van der Waals surface area contributed by atoms with Gasteiger partial charge < -0.3 is 10.2 Å². The van der Waals surface area contributed by atoms with E-state index in [1.54, 1.807) is 6.07 Å². The number of carbonyl (C=O) groups is 1. The number of hydrazone groups is 1. The Bertz CT molecular complexity index is 590. The first-order chi connectivity index (χ1) is 9.13. The van der Waals surface area contributed by atoms with Crippen molar-refractivity contribution >= 4 is 29.8 Å². The summed E-state index contributed by atoms with van der Waals surface area (Å²) < 4.78 is 5.30. The van der Waals surface area contributed by atoms with Gasteiger partial charge in [0, 0.05) is 0 Å². The highest BCUT2D eigenvalue weighted by atomic mass is 32.2. The zero-order valence-electron chi connectivity index (χ0n) is 10.1. The van der Waals surface area contributed by atoms with Crippen LogP contribution in [0.25, 0.3) is 0 Å². The molecule has 1 amide bonds. The van der Waals surface area contributed by atoms with E-state index in [0.29, 0.717) is 16.9 Å². The lowest BCUT2D eigenvalue weighted by atomic mass is 10.4. The minimum absolute atomic E-state index is 0.131. The number of nitrogens with zero attached hydrogens (tertiary/aromatic N) is 3. The summed E-state index contributed by atoms with van der Waals surface area (Å²) >= 11 is 1.14. The maximum Gasteiger partial charge on any atom is 0.240 e. The fraction of sp³-hybridized carbons (Fsp3) is 0.200. The molecule has 0 unspecified atom stereocenters. The second-order valence-corrected chi connectivity index (χ2v) is 4.48. The van der Waals surface area contributed by atoms with Crippen molar-refractivity contribution in [2.45, 2.75) is 12.1 Å². The van der Waals surface area contributed by atoms with Gasteiger partial charge in [0.15, 0.2) is 0 Å². The molecule has 100 valence electrons. The van der Waals surface area contributed by atoms with E-state index in [9.17, 15) is 4.79 Å². The Morgan fingerprint density at radius 2 is 2.53 bits per heavy atom. The highest BCUT2D eigenvalue weighted by Crippen LogP contribution is 2.13. The van der Waals surface area contributed by atoms with Gasteiger partial charge in [-0.15, -0.1) is 5.10 Å². The number of aromatic amines is 1. The number of hydrogen-bond acceptors (Lipinski definition) is 7. The highest BCUT2D eigenvalue weighted by molar-refractivity contribution is 7.99. The van der Waals surface area contributed by atoms with Gasteiger partial charge >= 0.3 is 0 Å². The van der Waals surface area contributed by atoms with E-state index >= 15 is 0 Å². The SMILES string of the molecule is Cc1ccc(/C=N\Nc2nc(SCC(N)=O)n[nH]2)o1. The van der Waals surface area contributed by atoms with Crippen molar-refractivity contribution in [1.82, 2.24) is 15.2 Å². The van der Waals surface area contributed by atoms with Crippen molar-refractivity contribution in [2.75, 3.05) is 11.2 Å². The number of H-pyrrole nitrogens is 1. The van der Waals surface area contributed by atoms with Crippen molar-refractivity contribution in [3.8, 4) is 0 Å². The second-order valence-electron chi connectivity index (χ2n) is 3.54. The molecule has 0 aliphatic heterocycles. The number of hydrogen-bond donors (Lipinski definition) is 3. The fourth-order valence-corrected chi connectivity index (χ4v) is 1.71. The summed E-state index contributed by atoms with van der Waals surface area (Å²) in [4.78, 5) is 14.6. The number of nitrogens with two attached hydrogens (primary N) is 1. The van der Waals surface area contributed by atoms with Gasteiger partial charge in [-0.25, -0.2) is 10.5 Å². The molecule has 0 radical (unpaired) electrons. The Labute approximate surface area is 112 Å². The molecule has 0 fully saturated rings. The predicted octanol–water partition coefficient (Wildman–Crippen LogP) is 0.730. The molecule has 4 N–H and O–H groups in total. The zero-order valence-corrected chi connectivity index (χ0v) is 10.9. The summed E-state index contributed by atoms with van der Waals surface area (Å²) in [6.07, 6.45) is 1.52. The van der Waals surface area contributed by atoms with Crippen LogP contribution in [0.15, 0.2) is 26.8 Å². The Balaban J connectivity index is 1.86. The minimum atomic E-state index is -0.421. The molecule has 0 spiro atoms. The molecule has 0 atom stereocenters. The number of thioether (sulfide) groups is 1. The summed E-state index contributed by atoms with van der Waals surface area (Å²) in [5.41, 5.74) is 7.68. The van der Waals surface area contributed by atoms with Gasteiger partial charge in [-0.1, -0.05) is 11.8 Å². The average Bonchev–Trinajstić information content (AvgIpc) is 2.96. The van der Waals surface area contributed by atoms with Gasteiger partial charge in [-0.2, -0.15) is 10.1 Å². The minimum Gasteiger partial charge on any atom is -0.460 e. The first kappa shape index (κ1) is 13.1. The summed E-state index contributed by atoms with van der Waals surface area (Å²) in [5, 5.41) is 10.9. The number of furan rings is 1. The van der Waals surface area contributed by atoms with Crippen LogP contribution in [0.2, 0.25) is 0 Å². The first-order valence-electron chi connectivity index (χ1n) is 5.32. The standard InChI is InChI=1S/C10H12N6O2S/c1-6-2-3-7(18-6)4-12-14-9-13-10(16-15-9)19-5-8(11)17/h2-4H,5H2,1H3,(H2,11,17)(H2,13,14,15,16)/b12-4-. The maximum atomic E-state index is 10.6. The lowest BCUT2D eigenvalue weighted by Crippen LogP contribution is -2.13. The van der Waals surface area contributed by atoms with E-state index < -0.39 is 5.91 Å². The van der Waals surface area contributed by atoms with Crippen molar-refractivity contribution in [3.05, 3.63) is 23.7 Å². The molecule has 0 saturated carbocycles. The Morgan fingerprint density at radius 1 is 1.68 bits per heavy atom.